The number of nitrogens with zero attached hydrogens (tertiary/aromatic N) is 3. The monoisotopic (exact) mass is 834 g/mol. The van der Waals surface area contributed by atoms with Crippen LogP contribution in [0.2, 0.25) is 0 Å². The standard InChI is InChI=1S/C48H87N3O8/c1-5-9-13-17-19-23-28-43(26-21-15-11-7-3)47(54)58-40-38-56-45(52)30-35-50(33-25-34-51-37-32-49-42-51)36-31-46(53)57-39-41-59-48(55)44(27-22-16-12-8-4)29-24-20-18-14-10-6-2/h32,37,42-44H,5-31,33-36,38-41H2,1-4H3. The molecule has 0 amide bonds. The smallest absolute Gasteiger partial charge is 0.309 e. The van der Waals surface area contributed by atoms with Crippen LogP contribution in [0.4, 0.5) is 0 Å². The Kier molecular flexibility index (Phi) is 35.9. The Hall–Kier alpha value is -2.95. The van der Waals surface area contributed by atoms with E-state index in [0.717, 1.165) is 103 Å². The molecule has 1 aromatic rings. The van der Waals surface area contributed by atoms with Gasteiger partial charge >= 0.3 is 23.9 Å². The van der Waals surface area contributed by atoms with Crippen molar-refractivity contribution in [2.75, 3.05) is 46.1 Å². The van der Waals surface area contributed by atoms with Gasteiger partial charge in [-0.1, -0.05) is 156 Å². The minimum absolute atomic E-state index is 0.0281. The van der Waals surface area contributed by atoms with E-state index in [2.05, 4.69) is 37.6 Å². The number of ether oxygens (including phenoxy) is 4. The zero-order valence-electron chi connectivity index (χ0n) is 38.2. The molecule has 2 atom stereocenters. The summed E-state index contributed by atoms with van der Waals surface area (Å²) in [6.07, 6.45) is 33.2. The summed E-state index contributed by atoms with van der Waals surface area (Å²) in [7, 11) is 0. The molecule has 1 rings (SSSR count). The molecule has 0 aliphatic carbocycles. The second-order valence-electron chi connectivity index (χ2n) is 16.5. The third-order valence-corrected chi connectivity index (χ3v) is 11.2. The molecule has 1 heterocycles. The highest BCUT2D eigenvalue weighted by Crippen LogP contribution is 2.22. The van der Waals surface area contributed by atoms with Gasteiger partial charge in [-0.15, -0.1) is 0 Å². The van der Waals surface area contributed by atoms with E-state index in [1.807, 2.05) is 10.8 Å². The van der Waals surface area contributed by atoms with Crippen molar-refractivity contribution < 1.29 is 38.1 Å². The van der Waals surface area contributed by atoms with Crippen LogP contribution in [0.25, 0.3) is 0 Å². The topological polar surface area (TPSA) is 126 Å². The van der Waals surface area contributed by atoms with Gasteiger partial charge in [0, 0.05) is 32.0 Å². The minimum Gasteiger partial charge on any atom is -0.462 e. The van der Waals surface area contributed by atoms with Gasteiger partial charge in [0.25, 0.3) is 0 Å². The van der Waals surface area contributed by atoms with Crippen molar-refractivity contribution in [3.8, 4) is 0 Å². The van der Waals surface area contributed by atoms with E-state index >= 15 is 0 Å². The minimum atomic E-state index is -0.367. The molecule has 342 valence electrons. The van der Waals surface area contributed by atoms with Crippen LogP contribution in [0, 0.1) is 11.8 Å². The molecule has 2 unspecified atom stereocenters. The molecule has 11 heteroatoms. The molecule has 0 aromatic carbocycles. The lowest BCUT2D eigenvalue weighted by Gasteiger charge is -2.22. The van der Waals surface area contributed by atoms with Crippen molar-refractivity contribution in [2.24, 2.45) is 11.8 Å². The van der Waals surface area contributed by atoms with Crippen LogP contribution in [0.3, 0.4) is 0 Å². The number of hydrogen-bond donors (Lipinski definition) is 0. The van der Waals surface area contributed by atoms with Crippen LogP contribution in [0.5, 0.6) is 0 Å². The van der Waals surface area contributed by atoms with Crippen molar-refractivity contribution in [3.05, 3.63) is 18.7 Å². The van der Waals surface area contributed by atoms with E-state index in [9.17, 15) is 19.2 Å². The molecule has 0 N–H and O–H groups in total. The van der Waals surface area contributed by atoms with Crippen LogP contribution in [-0.2, 0) is 44.7 Å². The second kappa shape index (κ2) is 39.2. The lowest BCUT2D eigenvalue weighted by molar-refractivity contribution is -0.156. The Morgan fingerprint density at radius 2 is 0.864 bits per heavy atom. The first-order valence-electron chi connectivity index (χ1n) is 24.2. The molecule has 1 aromatic heterocycles. The predicted molar refractivity (Wildman–Crippen MR) is 237 cm³/mol. The maximum Gasteiger partial charge on any atom is 0.309 e. The third-order valence-electron chi connectivity index (χ3n) is 11.2. The number of hydrogen-bond acceptors (Lipinski definition) is 10. The van der Waals surface area contributed by atoms with Crippen LogP contribution in [0.1, 0.15) is 201 Å². The number of aryl methyl sites for hydroxylation is 1. The van der Waals surface area contributed by atoms with Gasteiger partial charge < -0.3 is 28.4 Å². The number of rotatable bonds is 42. The summed E-state index contributed by atoms with van der Waals surface area (Å²) in [5.74, 6) is -1.27. The zero-order chi connectivity index (χ0) is 43.0. The van der Waals surface area contributed by atoms with Crippen LogP contribution in [0.15, 0.2) is 18.7 Å². The van der Waals surface area contributed by atoms with Crippen molar-refractivity contribution in [3.63, 3.8) is 0 Å². The largest absolute Gasteiger partial charge is 0.462 e. The lowest BCUT2D eigenvalue weighted by Crippen LogP contribution is -2.31. The Morgan fingerprint density at radius 1 is 0.492 bits per heavy atom. The normalized spacial score (nSPS) is 12.4. The fourth-order valence-electron chi connectivity index (χ4n) is 7.44. The van der Waals surface area contributed by atoms with Gasteiger partial charge in [-0.2, -0.15) is 0 Å². The van der Waals surface area contributed by atoms with Gasteiger partial charge in [-0.3, -0.25) is 19.2 Å². The van der Waals surface area contributed by atoms with E-state index in [0.29, 0.717) is 19.6 Å². The van der Waals surface area contributed by atoms with E-state index in [1.54, 1.807) is 12.5 Å². The average molecular weight is 834 g/mol. The molecule has 0 aliphatic rings. The zero-order valence-corrected chi connectivity index (χ0v) is 38.2. The van der Waals surface area contributed by atoms with Gasteiger partial charge in [-0.25, -0.2) is 4.98 Å². The van der Waals surface area contributed by atoms with Crippen LogP contribution >= 0.6 is 0 Å². The van der Waals surface area contributed by atoms with Gasteiger partial charge in [-0.05, 0) is 38.6 Å². The molecule has 0 fully saturated rings. The van der Waals surface area contributed by atoms with Crippen LogP contribution < -0.4 is 0 Å². The maximum absolute atomic E-state index is 13.0. The number of esters is 4. The van der Waals surface area contributed by atoms with Gasteiger partial charge in [0.05, 0.1) is 31.0 Å². The Balaban J connectivity index is 2.51. The fraction of sp³-hybridized carbons (Fsp3) is 0.854. The summed E-state index contributed by atoms with van der Waals surface area (Å²) < 4.78 is 24.1. The van der Waals surface area contributed by atoms with Gasteiger partial charge in [0.15, 0.2) is 0 Å². The average Bonchev–Trinajstić information content (AvgIpc) is 3.76. The summed E-state index contributed by atoms with van der Waals surface area (Å²) in [6.45, 7) is 11.3. The Bertz CT molecular complexity index is 1080. The molecule has 0 bridgehead atoms. The van der Waals surface area contributed by atoms with E-state index in [-0.39, 0.29) is 75.0 Å². The molecular formula is C48H87N3O8. The summed E-state index contributed by atoms with van der Waals surface area (Å²) in [6, 6.07) is 0. The summed E-state index contributed by atoms with van der Waals surface area (Å²) in [5, 5.41) is 0. The first-order valence-corrected chi connectivity index (χ1v) is 24.2. The number of carbonyl (C=O) groups is 4. The SMILES string of the molecule is CCCCCCCCC(CCCCCC)C(=O)OCCOC(=O)CCN(CCCn1ccnc1)CCC(=O)OCCOC(=O)C(CCCCCC)CCCCCCCC. The lowest BCUT2D eigenvalue weighted by atomic mass is 9.94. The highest BCUT2D eigenvalue weighted by Gasteiger charge is 2.21. The molecule has 0 spiro atoms. The molecule has 0 aliphatic heterocycles. The summed E-state index contributed by atoms with van der Waals surface area (Å²) in [4.78, 5) is 57.6. The Morgan fingerprint density at radius 3 is 1.25 bits per heavy atom. The molecule has 0 saturated carbocycles. The highest BCUT2D eigenvalue weighted by molar-refractivity contribution is 5.73. The van der Waals surface area contributed by atoms with E-state index in [4.69, 9.17) is 18.9 Å². The molecule has 0 radical (unpaired) electrons. The molecule has 11 nitrogen and oxygen atoms in total. The molecule has 0 saturated heterocycles. The van der Waals surface area contributed by atoms with E-state index < -0.39 is 0 Å². The van der Waals surface area contributed by atoms with Crippen molar-refractivity contribution in [1.82, 2.24) is 14.5 Å². The maximum atomic E-state index is 13.0. The predicted octanol–water partition coefficient (Wildman–Crippen LogP) is 11.2. The third kappa shape index (κ3) is 31.6. The summed E-state index contributed by atoms with van der Waals surface area (Å²) in [5.41, 5.74) is 0. The summed E-state index contributed by atoms with van der Waals surface area (Å²) >= 11 is 0. The van der Waals surface area contributed by atoms with E-state index in [1.165, 1.54) is 64.2 Å². The Labute approximate surface area is 359 Å². The number of unbranched alkanes of at least 4 members (excludes halogenated alkanes) is 16. The van der Waals surface area contributed by atoms with Gasteiger partial charge in [0.2, 0.25) is 0 Å². The second-order valence-corrected chi connectivity index (χ2v) is 16.5. The van der Waals surface area contributed by atoms with Crippen molar-refractivity contribution in [1.29, 1.82) is 0 Å². The van der Waals surface area contributed by atoms with Crippen molar-refractivity contribution >= 4 is 23.9 Å². The number of carbonyl (C=O) groups excluding carboxylic acids is 4. The number of aromatic nitrogens is 2. The number of imidazole rings is 1. The first kappa shape index (κ1) is 54.1. The van der Waals surface area contributed by atoms with Crippen LogP contribution in [-0.4, -0.2) is 84.4 Å². The first-order chi connectivity index (χ1) is 28.8. The molecular weight excluding hydrogens is 747 g/mol. The highest BCUT2D eigenvalue weighted by atomic mass is 16.6. The molecule has 59 heavy (non-hydrogen) atoms. The van der Waals surface area contributed by atoms with Gasteiger partial charge in [0.1, 0.15) is 26.4 Å². The van der Waals surface area contributed by atoms with Crippen molar-refractivity contribution in [2.45, 2.75) is 208 Å². The quantitative estimate of drug-likeness (QED) is 0.0357. The fourth-order valence-corrected chi connectivity index (χ4v) is 7.44.